The third-order valence-corrected chi connectivity index (χ3v) is 3.75. The van der Waals surface area contributed by atoms with Crippen molar-refractivity contribution < 1.29 is 9.64 Å². The number of hydrogen-bond acceptors (Lipinski definition) is 3. The fourth-order valence-electron chi connectivity index (χ4n) is 2.10. The molecule has 0 aromatic carbocycles. The molecule has 7 heteroatoms. The van der Waals surface area contributed by atoms with E-state index in [2.05, 4.69) is 15.6 Å². The Labute approximate surface area is 129 Å². The van der Waals surface area contributed by atoms with Gasteiger partial charge in [0.25, 0.3) is 0 Å². The van der Waals surface area contributed by atoms with Crippen molar-refractivity contribution in [2.75, 3.05) is 44.7 Å². The lowest BCUT2D eigenvalue weighted by Crippen LogP contribution is -3.14. The van der Waals surface area contributed by atoms with Crippen molar-refractivity contribution in [3.63, 3.8) is 0 Å². The Morgan fingerprint density at radius 2 is 2.25 bits per heavy atom. The molecule has 3 N–H and O–H groups in total. The minimum Gasteiger partial charge on any atom is -0.370 e. The Balaban J connectivity index is 1.61. The fraction of sp³-hybridized carbons (Fsp3) is 0.538. The lowest BCUT2D eigenvalue weighted by molar-refractivity contribution is -0.908. The van der Waals surface area contributed by atoms with Crippen LogP contribution in [0.15, 0.2) is 18.3 Å². The van der Waals surface area contributed by atoms with Gasteiger partial charge in [-0.3, -0.25) is 0 Å². The molecule has 1 aliphatic rings. The number of pyridine rings is 1. The van der Waals surface area contributed by atoms with Crippen molar-refractivity contribution in [2.24, 2.45) is 0 Å². The number of halogens is 1. The second kappa shape index (κ2) is 8.36. The van der Waals surface area contributed by atoms with E-state index >= 15 is 0 Å². The van der Waals surface area contributed by atoms with Gasteiger partial charge in [0.15, 0.2) is 10.3 Å². The highest BCUT2D eigenvalue weighted by Gasteiger charge is 2.12. The molecule has 1 aromatic heterocycles. The number of aromatic nitrogens is 1. The molecule has 0 atom stereocenters. The summed E-state index contributed by atoms with van der Waals surface area (Å²) < 4.78 is 5.34. The molecular weight excluding hydrogens is 296 g/mol. The summed E-state index contributed by atoms with van der Waals surface area (Å²) in [6.07, 6.45) is 2.73. The first kappa shape index (κ1) is 15.4. The largest absolute Gasteiger partial charge is 0.370 e. The number of hydrogen-bond donors (Lipinski definition) is 3. The van der Waals surface area contributed by atoms with E-state index in [-0.39, 0.29) is 0 Å². The second-order valence-corrected chi connectivity index (χ2v) is 5.45. The summed E-state index contributed by atoms with van der Waals surface area (Å²) in [5.41, 5.74) is 0.727. The van der Waals surface area contributed by atoms with E-state index < -0.39 is 0 Å². The summed E-state index contributed by atoms with van der Waals surface area (Å²) in [5, 5.41) is 7.24. The molecular formula is C13H20ClN4OS+. The summed E-state index contributed by atoms with van der Waals surface area (Å²) in [6, 6.07) is 3.67. The van der Waals surface area contributed by atoms with E-state index in [0.29, 0.717) is 10.3 Å². The standard InChI is InChI=1S/C13H19ClN4OS/c14-12-11(3-1-4-15-12)17-13(20)16-5-2-6-18-7-9-19-10-8-18/h1,3-4H,2,5-10H2,(H2,16,17,20)/p+1. The van der Waals surface area contributed by atoms with Crippen molar-refractivity contribution in [1.29, 1.82) is 0 Å². The highest BCUT2D eigenvalue weighted by Crippen LogP contribution is 2.16. The highest BCUT2D eigenvalue weighted by molar-refractivity contribution is 7.80. The first-order chi connectivity index (χ1) is 9.75. The third-order valence-electron chi connectivity index (χ3n) is 3.20. The molecule has 2 rings (SSSR count). The van der Waals surface area contributed by atoms with Crippen LogP contribution < -0.4 is 15.5 Å². The average Bonchev–Trinajstić information content (AvgIpc) is 2.47. The van der Waals surface area contributed by atoms with Gasteiger partial charge in [-0.25, -0.2) is 4.98 Å². The number of anilines is 1. The van der Waals surface area contributed by atoms with Gasteiger partial charge < -0.3 is 20.3 Å². The summed E-state index contributed by atoms with van der Waals surface area (Å²) >= 11 is 11.2. The maximum Gasteiger partial charge on any atom is 0.170 e. The van der Waals surface area contributed by atoms with Crippen LogP contribution in [0, 0.1) is 0 Å². The molecule has 2 heterocycles. The molecule has 0 bridgehead atoms. The normalized spacial score (nSPS) is 15.8. The molecule has 0 aliphatic carbocycles. The molecule has 5 nitrogen and oxygen atoms in total. The SMILES string of the molecule is S=C(NCCC[NH+]1CCOCC1)Nc1cccnc1Cl. The van der Waals surface area contributed by atoms with Crippen molar-refractivity contribution in [1.82, 2.24) is 10.3 Å². The minimum atomic E-state index is 0.425. The van der Waals surface area contributed by atoms with Crippen molar-refractivity contribution in [3.8, 4) is 0 Å². The predicted octanol–water partition coefficient (Wildman–Crippen LogP) is 0.327. The van der Waals surface area contributed by atoms with Gasteiger partial charge in [-0.05, 0) is 24.4 Å². The van der Waals surface area contributed by atoms with Gasteiger partial charge in [-0.2, -0.15) is 0 Å². The smallest absolute Gasteiger partial charge is 0.170 e. The van der Waals surface area contributed by atoms with Gasteiger partial charge in [-0.1, -0.05) is 11.6 Å². The first-order valence-corrected chi connectivity index (χ1v) is 7.61. The van der Waals surface area contributed by atoms with Crippen molar-refractivity contribution in [2.45, 2.75) is 6.42 Å². The Bertz CT molecular complexity index is 440. The first-order valence-electron chi connectivity index (χ1n) is 6.82. The van der Waals surface area contributed by atoms with Crippen LogP contribution in [0.4, 0.5) is 5.69 Å². The molecule has 0 spiro atoms. The number of thiocarbonyl (C=S) groups is 1. The number of nitrogens with one attached hydrogen (secondary N) is 3. The number of nitrogens with zero attached hydrogens (tertiary/aromatic N) is 1. The van der Waals surface area contributed by atoms with Crippen LogP contribution in [-0.2, 0) is 4.74 Å². The van der Waals surface area contributed by atoms with E-state index in [1.165, 1.54) is 0 Å². The topological polar surface area (TPSA) is 50.6 Å². The predicted molar refractivity (Wildman–Crippen MR) is 84.5 cm³/mol. The molecule has 110 valence electrons. The zero-order chi connectivity index (χ0) is 14.2. The Hall–Kier alpha value is -0.950. The number of quaternary nitrogens is 1. The zero-order valence-electron chi connectivity index (χ0n) is 11.3. The van der Waals surface area contributed by atoms with Crippen LogP contribution in [0.1, 0.15) is 6.42 Å². The lowest BCUT2D eigenvalue weighted by Gasteiger charge is -2.23. The lowest BCUT2D eigenvalue weighted by atomic mass is 10.3. The quantitative estimate of drug-likeness (QED) is 0.415. The van der Waals surface area contributed by atoms with Gasteiger partial charge in [0.2, 0.25) is 0 Å². The molecule has 1 aliphatic heterocycles. The summed E-state index contributed by atoms with van der Waals surface area (Å²) in [5.74, 6) is 0. The van der Waals surface area contributed by atoms with Gasteiger partial charge >= 0.3 is 0 Å². The Morgan fingerprint density at radius 1 is 1.45 bits per heavy atom. The van der Waals surface area contributed by atoms with Gasteiger partial charge in [0, 0.05) is 19.2 Å². The van der Waals surface area contributed by atoms with Crippen LogP contribution >= 0.6 is 23.8 Å². The third kappa shape index (κ3) is 5.20. The zero-order valence-corrected chi connectivity index (χ0v) is 12.9. The van der Waals surface area contributed by atoms with E-state index in [4.69, 9.17) is 28.6 Å². The second-order valence-electron chi connectivity index (χ2n) is 4.69. The summed E-state index contributed by atoms with van der Waals surface area (Å²) in [7, 11) is 0. The van der Waals surface area contributed by atoms with E-state index in [1.54, 1.807) is 11.1 Å². The van der Waals surface area contributed by atoms with Gasteiger partial charge in [0.1, 0.15) is 13.1 Å². The van der Waals surface area contributed by atoms with Crippen LogP contribution in [0.2, 0.25) is 5.15 Å². The number of ether oxygens (including phenoxy) is 1. The van der Waals surface area contributed by atoms with Crippen LogP contribution in [0.25, 0.3) is 0 Å². The van der Waals surface area contributed by atoms with Crippen molar-refractivity contribution >= 4 is 34.6 Å². The van der Waals surface area contributed by atoms with Crippen LogP contribution in [0.3, 0.4) is 0 Å². The van der Waals surface area contributed by atoms with Crippen molar-refractivity contribution in [3.05, 3.63) is 23.5 Å². The molecule has 1 saturated heterocycles. The van der Waals surface area contributed by atoms with Crippen LogP contribution in [0.5, 0.6) is 0 Å². The maximum atomic E-state index is 5.95. The Kier molecular flexibility index (Phi) is 6.46. The Morgan fingerprint density at radius 3 is 3.00 bits per heavy atom. The fourth-order valence-corrected chi connectivity index (χ4v) is 2.47. The molecule has 0 amide bonds. The molecule has 20 heavy (non-hydrogen) atoms. The summed E-state index contributed by atoms with van der Waals surface area (Å²) in [4.78, 5) is 5.59. The van der Waals surface area contributed by atoms with E-state index in [1.807, 2.05) is 12.1 Å². The molecule has 1 aromatic rings. The van der Waals surface area contributed by atoms with Crippen LogP contribution in [-0.4, -0.2) is 49.5 Å². The highest BCUT2D eigenvalue weighted by atomic mass is 35.5. The molecule has 0 radical (unpaired) electrons. The average molecular weight is 316 g/mol. The molecule has 0 unspecified atom stereocenters. The molecule has 1 fully saturated rings. The monoisotopic (exact) mass is 315 g/mol. The summed E-state index contributed by atoms with van der Waals surface area (Å²) in [6.45, 7) is 5.97. The van der Waals surface area contributed by atoms with E-state index in [0.717, 1.165) is 51.5 Å². The van der Waals surface area contributed by atoms with E-state index in [9.17, 15) is 0 Å². The maximum absolute atomic E-state index is 5.95. The number of morpholine rings is 1. The van der Waals surface area contributed by atoms with Gasteiger partial charge in [-0.15, -0.1) is 0 Å². The number of rotatable bonds is 5. The minimum absolute atomic E-state index is 0.425. The van der Waals surface area contributed by atoms with Gasteiger partial charge in [0.05, 0.1) is 25.4 Å². The molecule has 0 saturated carbocycles.